The highest BCUT2D eigenvalue weighted by molar-refractivity contribution is 5.76. The van der Waals surface area contributed by atoms with Crippen LogP contribution in [0.5, 0.6) is 5.75 Å². The molecule has 1 amide bonds. The molecular weight excluding hydrogens is 348 g/mol. The first-order chi connectivity index (χ1) is 13.2. The number of nitrogens with zero attached hydrogens (tertiary/aromatic N) is 3. The number of amides is 1. The normalized spacial score (nSPS) is 14.0. The SMILES string of the molecule is COc1ccccc1-n1nc(-c2ccco2)n(CC(=O)NC2CCC2)c1=O. The van der Waals surface area contributed by atoms with Gasteiger partial charge in [-0.3, -0.25) is 9.36 Å². The number of carbonyl (C=O) groups excluding carboxylic acids is 1. The number of aromatic nitrogens is 3. The smallest absolute Gasteiger partial charge is 0.351 e. The Labute approximate surface area is 155 Å². The molecule has 0 bridgehead atoms. The first-order valence-electron chi connectivity index (χ1n) is 8.84. The molecule has 4 rings (SSSR count). The summed E-state index contributed by atoms with van der Waals surface area (Å²) in [6.45, 7) is -0.124. The molecule has 0 spiro atoms. The van der Waals surface area contributed by atoms with Crippen molar-refractivity contribution in [2.45, 2.75) is 31.8 Å². The highest BCUT2D eigenvalue weighted by Crippen LogP contribution is 2.23. The van der Waals surface area contributed by atoms with E-state index in [0.29, 0.717) is 23.0 Å². The quantitative estimate of drug-likeness (QED) is 0.718. The van der Waals surface area contributed by atoms with Gasteiger partial charge < -0.3 is 14.5 Å². The van der Waals surface area contributed by atoms with Gasteiger partial charge in [-0.1, -0.05) is 12.1 Å². The average molecular weight is 368 g/mol. The lowest BCUT2D eigenvalue weighted by Crippen LogP contribution is -2.42. The number of ether oxygens (including phenoxy) is 1. The Morgan fingerprint density at radius 2 is 2.11 bits per heavy atom. The Balaban J connectivity index is 1.75. The fraction of sp³-hybridized carbons (Fsp3) is 0.316. The van der Waals surface area contributed by atoms with Crippen LogP contribution in [-0.4, -0.2) is 33.4 Å². The molecule has 8 heteroatoms. The molecule has 27 heavy (non-hydrogen) atoms. The second-order valence-electron chi connectivity index (χ2n) is 6.45. The number of para-hydroxylation sites is 2. The highest BCUT2D eigenvalue weighted by atomic mass is 16.5. The molecule has 0 unspecified atom stereocenters. The summed E-state index contributed by atoms with van der Waals surface area (Å²) < 4.78 is 13.3. The lowest BCUT2D eigenvalue weighted by atomic mass is 9.93. The lowest BCUT2D eigenvalue weighted by Gasteiger charge is -2.26. The summed E-state index contributed by atoms with van der Waals surface area (Å²) in [7, 11) is 1.53. The van der Waals surface area contributed by atoms with Crippen LogP contribution in [0.4, 0.5) is 0 Å². The van der Waals surface area contributed by atoms with Gasteiger partial charge in [0.1, 0.15) is 18.0 Å². The number of carbonyl (C=O) groups is 1. The van der Waals surface area contributed by atoms with Gasteiger partial charge in [-0.05, 0) is 43.5 Å². The van der Waals surface area contributed by atoms with Gasteiger partial charge in [0.15, 0.2) is 5.76 Å². The topological polar surface area (TPSA) is 91.3 Å². The van der Waals surface area contributed by atoms with Crippen molar-refractivity contribution in [3.63, 3.8) is 0 Å². The second kappa shape index (κ2) is 7.14. The molecule has 0 radical (unpaired) electrons. The molecule has 3 aromatic rings. The minimum absolute atomic E-state index is 0.124. The zero-order chi connectivity index (χ0) is 18.8. The molecule has 1 aromatic carbocycles. The van der Waals surface area contributed by atoms with Crippen molar-refractivity contribution >= 4 is 5.91 Å². The maximum absolute atomic E-state index is 13.0. The Kier molecular flexibility index (Phi) is 4.53. The van der Waals surface area contributed by atoms with Crippen molar-refractivity contribution in [1.82, 2.24) is 19.7 Å². The fourth-order valence-corrected chi connectivity index (χ4v) is 3.06. The summed E-state index contributed by atoms with van der Waals surface area (Å²) in [5.41, 5.74) is 0.0608. The molecule has 0 aliphatic heterocycles. The highest BCUT2D eigenvalue weighted by Gasteiger charge is 2.24. The number of benzene rings is 1. The molecule has 1 saturated carbocycles. The van der Waals surface area contributed by atoms with Crippen molar-refractivity contribution in [1.29, 1.82) is 0 Å². The first kappa shape index (κ1) is 17.1. The monoisotopic (exact) mass is 368 g/mol. The number of hydrogen-bond donors (Lipinski definition) is 1. The zero-order valence-corrected chi connectivity index (χ0v) is 14.9. The molecule has 1 aliphatic rings. The van der Waals surface area contributed by atoms with E-state index in [1.807, 2.05) is 6.07 Å². The molecule has 0 saturated heterocycles. The van der Waals surface area contributed by atoms with E-state index in [2.05, 4.69) is 10.4 Å². The number of furan rings is 1. The Hall–Kier alpha value is -3.29. The standard InChI is InChI=1S/C19H20N4O4/c1-26-15-9-3-2-8-14(15)23-19(25)22(12-17(24)20-13-6-4-7-13)18(21-23)16-10-5-11-27-16/h2-3,5,8-11,13H,4,6-7,12H2,1H3,(H,20,24). The van der Waals surface area contributed by atoms with Gasteiger partial charge in [-0.15, -0.1) is 5.10 Å². The van der Waals surface area contributed by atoms with Crippen LogP contribution in [0.2, 0.25) is 0 Å². The van der Waals surface area contributed by atoms with Crippen molar-refractivity contribution < 1.29 is 13.9 Å². The van der Waals surface area contributed by atoms with E-state index >= 15 is 0 Å². The average Bonchev–Trinajstić information content (AvgIpc) is 3.27. The van der Waals surface area contributed by atoms with E-state index in [4.69, 9.17) is 9.15 Å². The van der Waals surface area contributed by atoms with Crippen LogP contribution in [0, 0.1) is 0 Å². The summed E-state index contributed by atoms with van der Waals surface area (Å²) in [5, 5.41) is 7.36. The van der Waals surface area contributed by atoms with Crippen LogP contribution >= 0.6 is 0 Å². The largest absolute Gasteiger partial charge is 0.494 e. The van der Waals surface area contributed by atoms with Crippen LogP contribution < -0.4 is 15.7 Å². The van der Waals surface area contributed by atoms with Gasteiger partial charge in [-0.25, -0.2) is 4.79 Å². The van der Waals surface area contributed by atoms with E-state index in [9.17, 15) is 9.59 Å². The summed E-state index contributed by atoms with van der Waals surface area (Å²) in [6.07, 6.45) is 4.58. The van der Waals surface area contributed by atoms with Crippen LogP contribution in [0.3, 0.4) is 0 Å². The maximum atomic E-state index is 13.0. The first-order valence-corrected chi connectivity index (χ1v) is 8.84. The van der Waals surface area contributed by atoms with Crippen LogP contribution in [0.15, 0.2) is 51.9 Å². The van der Waals surface area contributed by atoms with Gasteiger partial charge in [0, 0.05) is 6.04 Å². The van der Waals surface area contributed by atoms with Gasteiger partial charge in [0.2, 0.25) is 11.7 Å². The third-order valence-electron chi connectivity index (χ3n) is 4.69. The summed E-state index contributed by atoms with van der Waals surface area (Å²) in [4.78, 5) is 25.4. The molecule has 140 valence electrons. The summed E-state index contributed by atoms with van der Waals surface area (Å²) in [6, 6.07) is 10.7. The van der Waals surface area contributed by atoms with Crippen LogP contribution in [0.25, 0.3) is 17.3 Å². The third-order valence-corrected chi connectivity index (χ3v) is 4.69. The third kappa shape index (κ3) is 3.25. The number of nitrogens with one attached hydrogen (secondary N) is 1. The van der Waals surface area contributed by atoms with Crippen molar-refractivity contribution in [2.24, 2.45) is 0 Å². The summed E-state index contributed by atoms with van der Waals surface area (Å²) in [5.74, 6) is 1.00. The minimum Gasteiger partial charge on any atom is -0.494 e. The molecule has 2 heterocycles. The lowest BCUT2D eigenvalue weighted by molar-refractivity contribution is -0.122. The van der Waals surface area contributed by atoms with Crippen molar-refractivity contribution in [3.05, 3.63) is 53.1 Å². The van der Waals surface area contributed by atoms with Gasteiger partial charge >= 0.3 is 5.69 Å². The summed E-state index contributed by atoms with van der Waals surface area (Å²) >= 11 is 0. The Bertz CT molecular complexity index is 999. The molecule has 2 aromatic heterocycles. The number of hydrogen-bond acceptors (Lipinski definition) is 5. The fourth-order valence-electron chi connectivity index (χ4n) is 3.06. The zero-order valence-electron chi connectivity index (χ0n) is 14.9. The van der Waals surface area contributed by atoms with E-state index in [1.165, 1.54) is 22.6 Å². The van der Waals surface area contributed by atoms with E-state index in [-0.39, 0.29) is 18.5 Å². The second-order valence-corrected chi connectivity index (χ2v) is 6.45. The van der Waals surface area contributed by atoms with Crippen LogP contribution in [-0.2, 0) is 11.3 Å². The molecular formula is C19H20N4O4. The molecule has 1 aliphatic carbocycles. The molecule has 0 atom stereocenters. The maximum Gasteiger partial charge on any atom is 0.351 e. The van der Waals surface area contributed by atoms with Gasteiger partial charge in [-0.2, -0.15) is 4.68 Å². The minimum atomic E-state index is -0.436. The van der Waals surface area contributed by atoms with Crippen LogP contribution in [0.1, 0.15) is 19.3 Å². The van der Waals surface area contributed by atoms with E-state index in [1.54, 1.807) is 30.3 Å². The predicted octanol–water partition coefficient (Wildman–Crippen LogP) is 1.97. The molecule has 1 N–H and O–H groups in total. The van der Waals surface area contributed by atoms with Crippen molar-refractivity contribution in [2.75, 3.05) is 7.11 Å². The van der Waals surface area contributed by atoms with Gasteiger partial charge in [0.25, 0.3) is 0 Å². The van der Waals surface area contributed by atoms with Gasteiger partial charge in [0.05, 0.1) is 13.4 Å². The number of rotatable bonds is 6. The van der Waals surface area contributed by atoms with E-state index < -0.39 is 5.69 Å². The predicted molar refractivity (Wildman–Crippen MR) is 97.9 cm³/mol. The molecule has 8 nitrogen and oxygen atoms in total. The van der Waals surface area contributed by atoms with Crippen molar-refractivity contribution in [3.8, 4) is 23.0 Å². The Morgan fingerprint density at radius 1 is 1.30 bits per heavy atom. The molecule has 1 fully saturated rings. The van der Waals surface area contributed by atoms with E-state index in [0.717, 1.165) is 19.3 Å². The number of methoxy groups -OCH3 is 1. The Morgan fingerprint density at radius 3 is 2.78 bits per heavy atom.